The Balaban J connectivity index is 2.82. The molecule has 0 saturated heterocycles. The molecule has 0 radical (unpaired) electrons. The van der Waals surface area contributed by atoms with Crippen LogP contribution in [0.25, 0.3) is 0 Å². The summed E-state index contributed by atoms with van der Waals surface area (Å²) in [5.74, 6) is 0.119. The predicted octanol–water partition coefficient (Wildman–Crippen LogP) is 0.704. The average molecular weight is 188 g/mol. The van der Waals surface area contributed by atoms with E-state index in [-0.39, 0.29) is 5.75 Å². The summed E-state index contributed by atoms with van der Waals surface area (Å²) in [6, 6.07) is 1.86. The van der Waals surface area contributed by atoms with Crippen molar-refractivity contribution in [1.82, 2.24) is 9.78 Å². The molecule has 12 heavy (non-hydrogen) atoms. The molecular weight excluding hydrogens is 176 g/mol. The maximum absolute atomic E-state index is 10.4. The molecule has 1 unspecified atom stereocenters. The van der Waals surface area contributed by atoms with Crippen molar-refractivity contribution >= 4 is 11.1 Å². The van der Waals surface area contributed by atoms with Gasteiger partial charge < -0.3 is 4.55 Å². The Hall–Kier alpha value is -0.680. The molecule has 0 aromatic carbocycles. The van der Waals surface area contributed by atoms with Crippen LogP contribution in [-0.2, 0) is 30.3 Å². The molecule has 4 nitrogen and oxygen atoms in total. The zero-order chi connectivity index (χ0) is 9.14. The number of hydrogen-bond donors (Lipinski definition) is 1. The first-order chi connectivity index (χ1) is 5.63. The van der Waals surface area contributed by atoms with Gasteiger partial charge in [-0.2, -0.15) is 5.10 Å². The summed E-state index contributed by atoms with van der Waals surface area (Å²) in [7, 11) is 1.84. The summed E-state index contributed by atoms with van der Waals surface area (Å²) >= 11 is -1.79. The first-order valence-corrected chi connectivity index (χ1v) is 5.00. The first kappa shape index (κ1) is 9.41. The van der Waals surface area contributed by atoms with Crippen LogP contribution in [0.4, 0.5) is 0 Å². The van der Waals surface area contributed by atoms with Gasteiger partial charge in [-0.05, 0) is 12.5 Å². The molecule has 0 aliphatic carbocycles. The number of nitrogens with zero attached hydrogens (tertiary/aromatic N) is 2. The molecule has 0 bridgehead atoms. The van der Waals surface area contributed by atoms with Crippen LogP contribution in [0.3, 0.4) is 0 Å². The Kier molecular flexibility index (Phi) is 2.99. The van der Waals surface area contributed by atoms with Gasteiger partial charge >= 0.3 is 0 Å². The van der Waals surface area contributed by atoms with Crippen LogP contribution in [0, 0.1) is 0 Å². The van der Waals surface area contributed by atoms with E-state index in [9.17, 15) is 4.21 Å². The molecule has 1 atom stereocenters. The van der Waals surface area contributed by atoms with Crippen molar-refractivity contribution in [2.45, 2.75) is 19.1 Å². The van der Waals surface area contributed by atoms with Crippen LogP contribution in [-0.4, -0.2) is 18.5 Å². The summed E-state index contributed by atoms with van der Waals surface area (Å²) in [6.07, 6.45) is 0.890. The SMILES string of the molecule is CCc1cc(CS(=O)O)nn1C. The summed E-state index contributed by atoms with van der Waals surface area (Å²) in [4.78, 5) is 0. The smallest absolute Gasteiger partial charge is 0.159 e. The lowest BCUT2D eigenvalue weighted by Gasteiger charge is -1.93. The lowest BCUT2D eigenvalue weighted by molar-refractivity contribution is 0.562. The van der Waals surface area contributed by atoms with Crippen molar-refractivity contribution in [2.75, 3.05) is 0 Å². The third-order valence-corrected chi connectivity index (χ3v) is 2.20. The molecule has 0 aliphatic rings. The molecule has 0 spiro atoms. The predicted molar refractivity (Wildman–Crippen MR) is 47.1 cm³/mol. The largest absolute Gasteiger partial charge is 0.306 e. The highest BCUT2D eigenvalue weighted by Gasteiger charge is 2.05. The minimum atomic E-state index is -1.79. The molecule has 1 rings (SSSR count). The fourth-order valence-electron chi connectivity index (χ4n) is 1.10. The Morgan fingerprint density at radius 3 is 2.83 bits per heavy atom. The Bertz CT molecular complexity index is 296. The summed E-state index contributed by atoms with van der Waals surface area (Å²) in [5, 5.41) is 4.09. The molecule has 1 heterocycles. The maximum Gasteiger partial charge on any atom is 0.159 e. The van der Waals surface area contributed by atoms with Gasteiger partial charge in [0.15, 0.2) is 11.1 Å². The van der Waals surface area contributed by atoms with Gasteiger partial charge in [0, 0.05) is 12.7 Å². The fraction of sp³-hybridized carbons (Fsp3) is 0.571. The van der Waals surface area contributed by atoms with Crippen LogP contribution < -0.4 is 0 Å². The van der Waals surface area contributed by atoms with Gasteiger partial charge in [0.05, 0.1) is 11.4 Å². The molecule has 0 saturated carbocycles. The van der Waals surface area contributed by atoms with E-state index >= 15 is 0 Å². The minimum Gasteiger partial charge on any atom is -0.306 e. The van der Waals surface area contributed by atoms with Crippen molar-refractivity contribution in [3.8, 4) is 0 Å². The van der Waals surface area contributed by atoms with Crippen LogP contribution >= 0.6 is 0 Å². The standard InChI is InChI=1S/C7H12N2O2S/c1-3-7-4-6(5-12(10)11)8-9(7)2/h4H,3,5H2,1-2H3,(H,10,11). The Morgan fingerprint density at radius 1 is 1.75 bits per heavy atom. The molecule has 1 N–H and O–H groups in total. The van der Waals surface area contributed by atoms with E-state index in [2.05, 4.69) is 5.10 Å². The summed E-state index contributed by atoms with van der Waals surface area (Å²) in [6.45, 7) is 2.02. The van der Waals surface area contributed by atoms with E-state index in [1.165, 1.54) is 0 Å². The number of hydrogen-bond acceptors (Lipinski definition) is 2. The molecule has 1 aromatic rings. The van der Waals surface area contributed by atoms with Crippen molar-refractivity contribution < 1.29 is 8.76 Å². The molecule has 5 heteroatoms. The van der Waals surface area contributed by atoms with Gasteiger partial charge in [-0.25, -0.2) is 4.21 Å². The Labute approximate surface area is 73.9 Å². The lowest BCUT2D eigenvalue weighted by atomic mass is 10.3. The summed E-state index contributed by atoms with van der Waals surface area (Å²) in [5.41, 5.74) is 1.76. The molecule has 0 amide bonds. The van der Waals surface area contributed by atoms with Gasteiger partial charge in [-0.15, -0.1) is 0 Å². The van der Waals surface area contributed by atoms with Gasteiger partial charge in [0.2, 0.25) is 0 Å². The van der Waals surface area contributed by atoms with Crippen molar-refractivity contribution in [1.29, 1.82) is 0 Å². The quantitative estimate of drug-likeness (QED) is 0.710. The molecule has 0 fully saturated rings. The molecule has 68 valence electrons. The van der Waals surface area contributed by atoms with E-state index in [1.54, 1.807) is 4.68 Å². The van der Waals surface area contributed by atoms with Crippen LogP contribution in [0.5, 0.6) is 0 Å². The number of aryl methyl sites for hydroxylation is 2. The van der Waals surface area contributed by atoms with Gasteiger partial charge in [-0.1, -0.05) is 6.92 Å². The lowest BCUT2D eigenvalue weighted by Crippen LogP contribution is -1.97. The van der Waals surface area contributed by atoms with Crippen LogP contribution in [0.1, 0.15) is 18.3 Å². The van der Waals surface area contributed by atoms with Gasteiger partial charge in [0.1, 0.15) is 0 Å². The van der Waals surface area contributed by atoms with Crippen molar-refractivity contribution in [2.24, 2.45) is 7.05 Å². The molecule has 0 aliphatic heterocycles. The van der Waals surface area contributed by atoms with Gasteiger partial charge in [-0.3, -0.25) is 4.68 Å². The molecule has 1 aromatic heterocycles. The van der Waals surface area contributed by atoms with Crippen LogP contribution in [0.15, 0.2) is 6.07 Å². The van der Waals surface area contributed by atoms with E-state index < -0.39 is 11.1 Å². The Morgan fingerprint density at radius 2 is 2.42 bits per heavy atom. The van der Waals surface area contributed by atoms with E-state index in [1.807, 2.05) is 20.0 Å². The number of rotatable bonds is 3. The third kappa shape index (κ3) is 2.15. The minimum absolute atomic E-state index is 0.119. The topological polar surface area (TPSA) is 55.1 Å². The number of aromatic nitrogens is 2. The monoisotopic (exact) mass is 188 g/mol. The third-order valence-electron chi connectivity index (χ3n) is 1.66. The van der Waals surface area contributed by atoms with E-state index in [0.29, 0.717) is 5.69 Å². The van der Waals surface area contributed by atoms with E-state index in [0.717, 1.165) is 12.1 Å². The zero-order valence-corrected chi connectivity index (χ0v) is 7.97. The second kappa shape index (κ2) is 3.82. The first-order valence-electron chi connectivity index (χ1n) is 3.72. The van der Waals surface area contributed by atoms with Gasteiger partial charge in [0.25, 0.3) is 0 Å². The second-order valence-electron chi connectivity index (χ2n) is 2.57. The fourth-order valence-corrected chi connectivity index (χ4v) is 1.49. The van der Waals surface area contributed by atoms with Crippen LogP contribution in [0.2, 0.25) is 0 Å². The van der Waals surface area contributed by atoms with Crippen molar-refractivity contribution in [3.05, 3.63) is 17.5 Å². The highest BCUT2D eigenvalue weighted by molar-refractivity contribution is 7.78. The average Bonchev–Trinajstić information content (AvgIpc) is 2.29. The maximum atomic E-state index is 10.4. The normalized spacial score (nSPS) is 13.2. The summed E-state index contributed by atoms with van der Waals surface area (Å²) < 4.78 is 20.8. The van der Waals surface area contributed by atoms with E-state index in [4.69, 9.17) is 4.55 Å². The highest BCUT2D eigenvalue weighted by Crippen LogP contribution is 2.05. The molecular formula is C7H12N2O2S. The zero-order valence-electron chi connectivity index (χ0n) is 7.15. The second-order valence-corrected chi connectivity index (χ2v) is 3.50. The highest BCUT2D eigenvalue weighted by atomic mass is 32.2. The van der Waals surface area contributed by atoms with Crippen molar-refractivity contribution in [3.63, 3.8) is 0 Å².